The molecule has 9 heteroatoms. The fraction of sp³-hybridized carbons (Fsp3) is 0.457. The van der Waals surface area contributed by atoms with E-state index in [1.807, 2.05) is 30.3 Å². The lowest BCUT2D eigenvalue weighted by atomic mass is 9.71. The quantitative estimate of drug-likeness (QED) is 0.220. The van der Waals surface area contributed by atoms with Crippen LogP contribution in [0.15, 0.2) is 59.5 Å². The Hall–Kier alpha value is -3.37. The number of hydrogen-bond donors (Lipinski definition) is 4. The topological polar surface area (TPSA) is 119 Å². The molecule has 1 aliphatic heterocycles. The summed E-state index contributed by atoms with van der Waals surface area (Å²) < 4.78 is 0. The second-order valence-corrected chi connectivity index (χ2v) is 14.5. The number of H-pyrrole nitrogens is 1. The van der Waals surface area contributed by atoms with Crippen LogP contribution in [0.25, 0.3) is 21.3 Å². The number of aromatic nitrogens is 2. The third kappa shape index (κ3) is 6.66. The largest absolute Gasteiger partial charge is 0.395 e. The van der Waals surface area contributed by atoms with Crippen molar-refractivity contribution in [2.45, 2.75) is 71.1 Å². The Kier molecular flexibility index (Phi) is 8.75. The number of β-amino-alcohol motifs (C(OH)–C–C–N with tert-alkyl or cyclic N) is 1. The number of benzene rings is 1. The van der Waals surface area contributed by atoms with Crippen molar-refractivity contribution >= 4 is 27.5 Å². The Balaban J connectivity index is 1.23. The van der Waals surface area contributed by atoms with Crippen molar-refractivity contribution in [3.8, 4) is 11.1 Å². The van der Waals surface area contributed by atoms with Gasteiger partial charge in [-0.05, 0) is 83.9 Å². The molecule has 4 N–H and O–H groups in total. The predicted molar refractivity (Wildman–Crippen MR) is 175 cm³/mol. The maximum Gasteiger partial charge on any atom is 0.261 e. The first kappa shape index (κ1) is 30.6. The van der Waals surface area contributed by atoms with Crippen LogP contribution in [-0.4, -0.2) is 62.8 Å². The molecular formula is C35H42N4O4S. The number of aromatic amines is 1. The standard InChI is InChI=1S/C35H42N4O4S/c1-35(2,3)26-9-10-29-24(15-26)14-25-16-31(44-34(25)38-29)33(43)37-30(12-13-39-19-28(41)17-27(39)20-40)22-6-4-21(5-7-22)23-8-11-32(42)36-18-23/h4-8,11,14,16,18,26-28,30,40-41H,9-10,12-13,15,17,19-20H2,1-3H3,(H,36,42)(H,37,43)/t26-,27-,28+,30+/m0/s1. The number of likely N-dealkylation sites (tertiary alicyclic amines) is 1. The number of fused-ring (bicyclic) bond motifs is 2. The molecule has 0 saturated carbocycles. The minimum absolute atomic E-state index is 0.00277. The first-order valence-electron chi connectivity index (χ1n) is 15.6. The molecule has 2 aliphatic rings. The Morgan fingerprint density at radius 2 is 1.93 bits per heavy atom. The van der Waals surface area contributed by atoms with Crippen molar-refractivity contribution in [3.05, 3.63) is 86.8 Å². The molecule has 1 amide bonds. The number of amides is 1. The molecule has 1 saturated heterocycles. The van der Waals surface area contributed by atoms with E-state index in [0.29, 0.717) is 36.7 Å². The highest BCUT2D eigenvalue weighted by Gasteiger charge is 2.32. The molecular weight excluding hydrogens is 572 g/mol. The van der Waals surface area contributed by atoms with E-state index < -0.39 is 6.10 Å². The van der Waals surface area contributed by atoms with Gasteiger partial charge in [0.2, 0.25) is 5.56 Å². The first-order chi connectivity index (χ1) is 21.1. The van der Waals surface area contributed by atoms with Crippen molar-refractivity contribution in [2.75, 3.05) is 19.7 Å². The fourth-order valence-electron chi connectivity index (χ4n) is 6.74. The van der Waals surface area contributed by atoms with Gasteiger partial charge in [0.05, 0.1) is 23.6 Å². The number of thiophene rings is 1. The summed E-state index contributed by atoms with van der Waals surface area (Å²) in [5, 5.41) is 24.3. The number of pyridine rings is 2. The zero-order chi connectivity index (χ0) is 31.0. The van der Waals surface area contributed by atoms with Crippen molar-refractivity contribution in [2.24, 2.45) is 11.3 Å². The van der Waals surface area contributed by atoms with Gasteiger partial charge >= 0.3 is 0 Å². The summed E-state index contributed by atoms with van der Waals surface area (Å²) in [6.45, 7) is 8.07. The molecule has 232 valence electrons. The number of nitrogens with one attached hydrogen (secondary N) is 2. The van der Waals surface area contributed by atoms with E-state index in [1.165, 1.54) is 28.7 Å². The third-order valence-corrected chi connectivity index (χ3v) is 10.5. The predicted octanol–water partition coefficient (Wildman–Crippen LogP) is 5.09. The molecule has 4 heterocycles. The minimum Gasteiger partial charge on any atom is -0.395 e. The van der Waals surface area contributed by atoms with Crippen LogP contribution in [0.5, 0.6) is 0 Å². The van der Waals surface area contributed by atoms with E-state index in [-0.39, 0.29) is 35.6 Å². The number of nitrogens with zero attached hydrogens (tertiary/aromatic N) is 2. The smallest absolute Gasteiger partial charge is 0.261 e. The molecule has 1 aromatic carbocycles. The SMILES string of the molecule is CC(C)(C)[C@H]1CCc2nc3sc(C(=O)N[C@H](CCN4C[C@H](O)C[C@H]4CO)c4ccc(-c5ccc(=O)[nH]c5)cc4)cc3cc2C1. The van der Waals surface area contributed by atoms with Gasteiger partial charge in [0.25, 0.3) is 5.91 Å². The Morgan fingerprint density at radius 1 is 1.16 bits per heavy atom. The van der Waals surface area contributed by atoms with Gasteiger partial charge in [-0.15, -0.1) is 11.3 Å². The average Bonchev–Trinajstić information content (AvgIpc) is 3.59. The zero-order valence-electron chi connectivity index (χ0n) is 25.7. The van der Waals surface area contributed by atoms with Crippen LogP contribution in [-0.2, 0) is 12.8 Å². The number of rotatable bonds is 8. The molecule has 0 spiro atoms. The van der Waals surface area contributed by atoms with E-state index in [9.17, 15) is 19.8 Å². The van der Waals surface area contributed by atoms with E-state index in [2.05, 4.69) is 42.0 Å². The lowest BCUT2D eigenvalue weighted by Gasteiger charge is -2.34. The Morgan fingerprint density at radius 3 is 2.64 bits per heavy atom. The van der Waals surface area contributed by atoms with Gasteiger partial charge in [-0.25, -0.2) is 4.98 Å². The van der Waals surface area contributed by atoms with E-state index in [1.54, 1.807) is 12.3 Å². The van der Waals surface area contributed by atoms with Gasteiger partial charge in [0.1, 0.15) is 4.83 Å². The van der Waals surface area contributed by atoms with Gasteiger partial charge in [0, 0.05) is 42.5 Å². The molecule has 1 aliphatic carbocycles. The van der Waals surface area contributed by atoms with Gasteiger partial charge in [-0.2, -0.15) is 0 Å². The average molecular weight is 615 g/mol. The second-order valence-electron chi connectivity index (χ2n) is 13.5. The molecule has 8 nitrogen and oxygen atoms in total. The number of carbonyl (C=O) groups excluding carboxylic acids is 1. The molecule has 0 radical (unpaired) electrons. The summed E-state index contributed by atoms with van der Waals surface area (Å²) in [7, 11) is 0. The summed E-state index contributed by atoms with van der Waals surface area (Å²) in [6, 6.07) is 15.2. The Bertz CT molecular complexity index is 1670. The van der Waals surface area contributed by atoms with E-state index in [4.69, 9.17) is 4.98 Å². The molecule has 3 aromatic heterocycles. The highest BCUT2D eigenvalue weighted by Crippen LogP contribution is 2.38. The number of aliphatic hydroxyl groups excluding tert-OH is 2. The van der Waals surface area contributed by atoms with Crippen molar-refractivity contribution in [3.63, 3.8) is 0 Å². The zero-order valence-corrected chi connectivity index (χ0v) is 26.5. The van der Waals surface area contributed by atoms with E-state index in [0.717, 1.165) is 46.2 Å². The third-order valence-electron chi connectivity index (χ3n) is 9.48. The van der Waals surface area contributed by atoms with Crippen LogP contribution < -0.4 is 10.9 Å². The molecule has 1 fully saturated rings. The Labute approximate surface area is 262 Å². The van der Waals surface area contributed by atoms with Crippen molar-refractivity contribution in [1.29, 1.82) is 0 Å². The monoisotopic (exact) mass is 614 g/mol. The molecule has 4 atom stereocenters. The normalized spacial score (nSPS) is 21.3. The highest BCUT2D eigenvalue weighted by molar-refractivity contribution is 7.20. The van der Waals surface area contributed by atoms with Crippen LogP contribution in [0.3, 0.4) is 0 Å². The number of aliphatic hydroxyl groups is 2. The molecule has 6 rings (SSSR count). The van der Waals surface area contributed by atoms with Crippen molar-refractivity contribution in [1.82, 2.24) is 20.2 Å². The first-order valence-corrected chi connectivity index (χ1v) is 16.4. The highest BCUT2D eigenvalue weighted by atomic mass is 32.1. The molecule has 4 aromatic rings. The maximum atomic E-state index is 13.7. The number of carbonyl (C=O) groups is 1. The lowest BCUT2D eigenvalue weighted by molar-refractivity contribution is 0.0930. The summed E-state index contributed by atoms with van der Waals surface area (Å²) in [4.78, 5) is 36.6. The minimum atomic E-state index is -0.452. The number of hydrogen-bond acceptors (Lipinski definition) is 7. The van der Waals surface area contributed by atoms with Crippen LogP contribution >= 0.6 is 11.3 Å². The molecule has 0 unspecified atom stereocenters. The van der Waals surface area contributed by atoms with Crippen LogP contribution in [0.2, 0.25) is 0 Å². The number of aryl methyl sites for hydroxylation is 1. The van der Waals surface area contributed by atoms with E-state index >= 15 is 0 Å². The lowest BCUT2D eigenvalue weighted by Crippen LogP contribution is -2.36. The van der Waals surface area contributed by atoms with Gasteiger partial charge in [0.15, 0.2) is 0 Å². The molecule has 44 heavy (non-hydrogen) atoms. The van der Waals surface area contributed by atoms with Crippen LogP contribution in [0, 0.1) is 11.3 Å². The second kappa shape index (κ2) is 12.6. The summed E-state index contributed by atoms with van der Waals surface area (Å²) >= 11 is 1.44. The maximum absolute atomic E-state index is 13.7. The van der Waals surface area contributed by atoms with Gasteiger partial charge in [-0.1, -0.05) is 45.0 Å². The fourth-order valence-corrected chi connectivity index (χ4v) is 7.68. The summed E-state index contributed by atoms with van der Waals surface area (Å²) in [5.41, 5.74) is 5.42. The summed E-state index contributed by atoms with van der Waals surface area (Å²) in [5.74, 6) is 0.488. The van der Waals surface area contributed by atoms with Crippen LogP contribution in [0.4, 0.5) is 0 Å². The van der Waals surface area contributed by atoms with Gasteiger partial charge in [-0.3, -0.25) is 14.5 Å². The molecule has 0 bridgehead atoms. The van der Waals surface area contributed by atoms with Crippen LogP contribution in [0.1, 0.15) is 72.6 Å². The summed E-state index contributed by atoms with van der Waals surface area (Å²) in [6.07, 6.45) is 5.56. The van der Waals surface area contributed by atoms with Crippen molar-refractivity contribution < 1.29 is 15.0 Å². The van der Waals surface area contributed by atoms with Gasteiger partial charge < -0.3 is 20.5 Å².